The van der Waals surface area contributed by atoms with Crippen LogP contribution in [0.15, 0.2) is 81.4 Å². The van der Waals surface area contributed by atoms with Crippen molar-refractivity contribution >= 4 is 23.3 Å². The van der Waals surface area contributed by atoms with Crippen molar-refractivity contribution in [3.63, 3.8) is 0 Å². The number of hydrogen-bond donors (Lipinski definition) is 2. The average molecular weight is 551 g/mol. The lowest BCUT2D eigenvalue weighted by molar-refractivity contribution is -0.143. The number of esters is 1. The summed E-state index contributed by atoms with van der Waals surface area (Å²) < 4.78 is 12.6. The number of nitrogens with zero attached hydrogens (tertiary/aromatic N) is 4. The number of aryl methyl sites for hydroxylation is 1. The first-order valence-corrected chi connectivity index (χ1v) is 12.3. The van der Waals surface area contributed by atoms with Crippen LogP contribution < -0.4 is 27.5 Å². The average Bonchev–Trinajstić information content (AvgIpc) is 2.93. The number of nitrogens with two attached hydrogens (primary N) is 1. The largest absolute Gasteiger partial charge is 0.468 e. The molecule has 3 N–H and O–H groups in total. The summed E-state index contributed by atoms with van der Waals surface area (Å²) >= 11 is 6.01. The molecule has 0 unspecified atom stereocenters. The van der Waals surface area contributed by atoms with Crippen molar-refractivity contribution < 1.29 is 14.3 Å². The lowest BCUT2D eigenvalue weighted by Crippen LogP contribution is -2.54. The Kier molecular flexibility index (Phi) is 8.43. The summed E-state index contributed by atoms with van der Waals surface area (Å²) in [5, 5.41) is 0.536. The molecule has 202 valence electrons. The molecule has 2 heterocycles. The van der Waals surface area contributed by atoms with Gasteiger partial charge in [0.15, 0.2) is 0 Å². The lowest BCUT2D eigenvalue weighted by atomic mass is 10.1. The Labute approximate surface area is 228 Å². The van der Waals surface area contributed by atoms with Crippen molar-refractivity contribution in [2.24, 2.45) is 10.7 Å². The Morgan fingerprint density at radius 3 is 2.36 bits per heavy atom. The van der Waals surface area contributed by atoms with Crippen LogP contribution in [0.4, 0.5) is 5.69 Å². The number of carbonyl (C=O) groups excluding carboxylic acids is 1. The maximum Gasteiger partial charge on any atom is 0.335 e. The van der Waals surface area contributed by atoms with Crippen LogP contribution in [0.1, 0.15) is 24.2 Å². The number of ether oxygens (including phenoxy) is 2. The van der Waals surface area contributed by atoms with Gasteiger partial charge in [-0.1, -0.05) is 23.7 Å². The molecule has 39 heavy (non-hydrogen) atoms. The molecule has 0 saturated heterocycles. The maximum atomic E-state index is 13.6. The molecule has 0 saturated carbocycles. The van der Waals surface area contributed by atoms with Gasteiger partial charge in [0, 0.05) is 10.7 Å². The van der Waals surface area contributed by atoms with Crippen LogP contribution in [0.25, 0.3) is 0 Å². The molecule has 0 aliphatic heterocycles. The maximum absolute atomic E-state index is 13.6. The van der Waals surface area contributed by atoms with Crippen LogP contribution in [0.3, 0.4) is 0 Å². The number of nitrogens with one attached hydrogen (secondary N) is 1. The van der Waals surface area contributed by atoms with Crippen molar-refractivity contribution in [1.29, 1.82) is 0 Å². The van der Waals surface area contributed by atoms with E-state index in [1.165, 1.54) is 18.6 Å². The Morgan fingerprint density at radius 1 is 1.08 bits per heavy atom. The van der Waals surface area contributed by atoms with E-state index < -0.39 is 29.4 Å². The topological polar surface area (TPSA) is 147 Å². The molecular formula is C27H27ClN6O5. The molecule has 0 aliphatic rings. The SMILES string of the molecule is COC(=O)[C@H](N)[C@H](C)n1c(=O)[nH]/c(=N\c2ccc(Oc3ccc(C)nc3)cc2)n(Cc2ccc(Cl)cc2)c1=O. The van der Waals surface area contributed by atoms with Crippen LogP contribution in [0.5, 0.6) is 11.5 Å². The number of H-pyrrole nitrogens is 1. The minimum Gasteiger partial charge on any atom is -0.468 e. The molecule has 4 rings (SSSR count). The molecule has 11 nitrogen and oxygen atoms in total. The second kappa shape index (κ2) is 11.9. The molecule has 0 fully saturated rings. The number of methoxy groups -OCH3 is 1. The van der Waals surface area contributed by atoms with E-state index in [1.807, 2.05) is 19.1 Å². The first-order chi connectivity index (χ1) is 18.7. The zero-order valence-corrected chi connectivity index (χ0v) is 22.3. The predicted molar refractivity (Wildman–Crippen MR) is 145 cm³/mol. The second-order valence-electron chi connectivity index (χ2n) is 8.75. The lowest BCUT2D eigenvalue weighted by Gasteiger charge is -2.20. The summed E-state index contributed by atoms with van der Waals surface area (Å²) in [6, 6.07) is 15.1. The number of rotatable bonds is 8. The molecule has 0 spiro atoms. The van der Waals surface area contributed by atoms with Crippen molar-refractivity contribution in [3.05, 3.63) is 110 Å². The van der Waals surface area contributed by atoms with Gasteiger partial charge in [0.1, 0.15) is 17.5 Å². The van der Waals surface area contributed by atoms with Gasteiger partial charge in [-0.15, -0.1) is 0 Å². The van der Waals surface area contributed by atoms with Crippen LogP contribution in [0, 0.1) is 6.92 Å². The van der Waals surface area contributed by atoms with Crippen LogP contribution in [0.2, 0.25) is 5.02 Å². The molecule has 12 heteroatoms. The second-order valence-corrected chi connectivity index (χ2v) is 9.19. The normalized spacial score (nSPS) is 13.1. The molecule has 2 atom stereocenters. The smallest absolute Gasteiger partial charge is 0.335 e. The summed E-state index contributed by atoms with van der Waals surface area (Å²) in [7, 11) is 1.18. The molecule has 0 amide bonds. The quantitative estimate of drug-likeness (QED) is 0.321. The molecule has 0 aliphatic carbocycles. The minimum absolute atomic E-state index is 0.00597. The summed E-state index contributed by atoms with van der Waals surface area (Å²) in [5.41, 5.74) is 6.55. The number of halogens is 1. The number of aromatic amines is 1. The molecule has 0 radical (unpaired) electrons. The third kappa shape index (κ3) is 6.51. The number of pyridine rings is 1. The predicted octanol–water partition coefficient (Wildman–Crippen LogP) is 2.83. The third-order valence-corrected chi connectivity index (χ3v) is 6.23. The Hall–Kier alpha value is -4.48. The zero-order valence-electron chi connectivity index (χ0n) is 21.5. The number of hydrogen-bond acceptors (Lipinski definition) is 8. The molecule has 4 aromatic rings. The van der Waals surface area contributed by atoms with Crippen molar-refractivity contribution in [2.45, 2.75) is 32.5 Å². The van der Waals surface area contributed by atoms with Gasteiger partial charge in [-0.2, -0.15) is 0 Å². The van der Waals surface area contributed by atoms with E-state index in [0.717, 1.165) is 15.8 Å². The fourth-order valence-electron chi connectivity index (χ4n) is 3.75. The van der Waals surface area contributed by atoms with E-state index in [4.69, 9.17) is 22.1 Å². The van der Waals surface area contributed by atoms with Gasteiger partial charge in [-0.05, 0) is 67.9 Å². The Balaban J connectivity index is 1.76. The fraction of sp³-hybridized carbons (Fsp3) is 0.222. The van der Waals surface area contributed by atoms with E-state index in [2.05, 4.69) is 19.7 Å². The van der Waals surface area contributed by atoms with Gasteiger partial charge in [-0.25, -0.2) is 19.1 Å². The highest BCUT2D eigenvalue weighted by Crippen LogP contribution is 2.23. The van der Waals surface area contributed by atoms with Gasteiger partial charge in [0.25, 0.3) is 0 Å². The summed E-state index contributed by atoms with van der Waals surface area (Å²) in [5.74, 6) is 0.386. The first kappa shape index (κ1) is 27.6. The number of aromatic nitrogens is 4. The van der Waals surface area contributed by atoms with E-state index in [0.29, 0.717) is 22.2 Å². The van der Waals surface area contributed by atoms with E-state index in [9.17, 15) is 14.4 Å². The van der Waals surface area contributed by atoms with Crippen LogP contribution >= 0.6 is 11.6 Å². The Bertz CT molecular complexity index is 1640. The van der Waals surface area contributed by atoms with E-state index >= 15 is 0 Å². The van der Waals surface area contributed by atoms with Crippen molar-refractivity contribution in [2.75, 3.05) is 7.11 Å². The number of carbonyl (C=O) groups is 1. The van der Waals surface area contributed by atoms with Gasteiger partial charge in [0.05, 0.1) is 31.6 Å². The van der Waals surface area contributed by atoms with Gasteiger partial charge < -0.3 is 15.2 Å². The van der Waals surface area contributed by atoms with Gasteiger partial charge in [-0.3, -0.25) is 19.3 Å². The summed E-state index contributed by atoms with van der Waals surface area (Å²) in [6.07, 6.45) is 1.63. The third-order valence-electron chi connectivity index (χ3n) is 5.98. The summed E-state index contributed by atoms with van der Waals surface area (Å²) in [6.45, 7) is 3.44. The highest BCUT2D eigenvalue weighted by atomic mass is 35.5. The minimum atomic E-state index is -1.24. The first-order valence-electron chi connectivity index (χ1n) is 11.9. The molecular weight excluding hydrogens is 524 g/mol. The van der Waals surface area contributed by atoms with Crippen LogP contribution in [-0.2, 0) is 16.1 Å². The van der Waals surface area contributed by atoms with E-state index in [-0.39, 0.29) is 12.2 Å². The standard InChI is InChI=1S/C27H27ClN6O5/c1-16-4-11-22(14-30-16)39-21-12-9-20(10-13-21)31-25-32-26(36)34(17(2)23(29)24(35)38-3)27(37)33(25)15-18-5-7-19(28)8-6-18/h4-14,17,23H,15,29H2,1-3H3,(H,31,32,36)/t17-,23+/m0/s1. The highest BCUT2D eigenvalue weighted by Gasteiger charge is 2.26. The molecule has 2 aromatic carbocycles. The summed E-state index contributed by atoms with van der Waals surface area (Å²) in [4.78, 5) is 50.0. The number of benzene rings is 2. The molecule has 2 aromatic heterocycles. The highest BCUT2D eigenvalue weighted by molar-refractivity contribution is 6.30. The van der Waals surface area contributed by atoms with E-state index in [1.54, 1.807) is 54.7 Å². The van der Waals surface area contributed by atoms with Crippen LogP contribution in [-0.4, -0.2) is 38.2 Å². The van der Waals surface area contributed by atoms with Gasteiger partial charge in [0.2, 0.25) is 5.62 Å². The Morgan fingerprint density at radius 2 is 1.74 bits per heavy atom. The fourth-order valence-corrected chi connectivity index (χ4v) is 3.87. The van der Waals surface area contributed by atoms with Crippen molar-refractivity contribution in [1.82, 2.24) is 19.1 Å². The zero-order chi connectivity index (χ0) is 28.1. The molecule has 0 bridgehead atoms. The van der Waals surface area contributed by atoms with Crippen molar-refractivity contribution in [3.8, 4) is 11.5 Å². The van der Waals surface area contributed by atoms with Gasteiger partial charge >= 0.3 is 17.3 Å². The monoisotopic (exact) mass is 550 g/mol.